The van der Waals surface area contributed by atoms with Gasteiger partial charge in [0.1, 0.15) is 5.82 Å². The molecule has 15 heavy (non-hydrogen) atoms. The number of hydrogen-bond acceptors (Lipinski definition) is 3. The molecule has 4 nitrogen and oxygen atoms in total. The van der Waals surface area contributed by atoms with Gasteiger partial charge in [-0.15, -0.1) is 5.10 Å². The molecule has 1 aromatic heterocycles. The van der Waals surface area contributed by atoms with E-state index < -0.39 is 0 Å². The van der Waals surface area contributed by atoms with Crippen molar-refractivity contribution >= 4 is 17.5 Å². The summed E-state index contributed by atoms with van der Waals surface area (Å²) in [7, 11) is 1.83. The van der Waals surface area contributed by atoms with Gasteiger partial charge in [-0.1, -0.05) is 23.7 Å². The predicted octanol–water partition coefficient (Wildman–Crippen LogP) is 1.64. The number of hydrogen-bond donors (Lipinski definition) is 1. The molecule has 0 saturated heterocycles. The molecule has 1 heterocycles. The Kier molecular flexibility index (Phi) is 2.60. The predicted molar refractivity (Wildman–Crippen MR) is 59.7 cm³/mol. The van der Waals surface area contributed by atoms with Gasteiger partial charge in [0.2, 0.25) is 5.95 Å². The maximum Gasteiger partial charge on any atom is 0.239 e. The summed E-state index contributed by atoms with van der Waals surface area (Å²) in [6, 6.07) is 7.65. The molecule has 2 aromatic rings. The number of aromatic nitrogens is 3. The van der Waals surface area contributed by atoms with Crippen LogP contribution < -0.4 is 5.73 Å². The van der Waals surface area contributed by atoms with Crippen LogP contribution in [0.4, 0.5) is 5.95 Å². The van der Waals surface area contributed by atoms with E-state index in [4.69, 9.17) is 17.3 Å². The van der Waals surface area contributed by atoms with Crippen molar-refractivity contribution in [2.24, 2.45) is 7.05 Å². The number of nitrogen functional groups attached to an aromatic ring is 1. The first-order valence-electron chi connectivity index (χ1n) is 4.55. The molecule has 0 spiro atoms. The third-order valence-electron chi connectivity index (χ3n) is 2.15. The molecule has 0 radical (unpaired) electrons. The summed E-state index contributed by atoms with van der Waals surface area (Å²) < 4.78 is 1.68. The van der Waals surface area contributed by atoms with Gasteiger partial charge in [-0.25, -0.2) is 0 Å². The zero-order chi connectivity index (χ0) is 10.8. The average Bonchev–Trinajstić information content (AvgIpc) is 2.49. The summed E-state index contributed by atoms with van der Waals surface area (Å²) in [6.45, 7) is 0. The van der Waals surface area contributed by atoms with Crippen molar-refractivity contribution in [1.82, 2.24) is 14.8 Å². The van der Waals surface area contributed by atoms with Gasteiger partial charge < -0.3 is 5.73 Å². The smallest absolute Gasteiger partial charge is 0.239 e. The standard InChI is InChI=1S/C10H11ClN4/c1-15-9(13-10(12)14-15)6-7-2-4-8(11)5-3-7/h2-5H,6H2,1H3,(H2,12,14). The lowest BCUT2D eigenvalue weighted by molar-refractivity contribution is 0.718. The fourth-order valence-electron chi connectivity index (χ4n) is 1.38. The number of nitrogens with two attached hydrogens (primary N) is 1. The summed E-state index contributed by atoms with van der Waals surface area (Å²) in [4.78, 5) is 4.12. The SMILES string of the molecule is Cn1nc(N)nc1Cc1ccc(Cl)cc1. The van der Waals surface area contributed by atoms with E-state index in [0.717, 1.165) is 16.4 Å². The van der Waals surface area contributed by atoms with E-state index in [1.54, 1.807) is 4.68 Å². The number of benzene rings is 1. The van der Waals surface area contributed by atoms with Gasteiger partial charge >= 0.3 is 0 Å². The number of anilines is 1. The lowest BCUT2D eigenvalue weighted by Crippen LogP contribution is -2.00. The minimum Gasteiger partial charge on any atom is -0.366 e. The van der Waals surface area contributed by atoms with Crippen molar-refractivity contribution < 1.29 is 0 Å². The van der Waals surface area contributed by atoms with Gasteiger partial charge in [0, 0.05) is 18.5 Å². The number of nitrogens with zero attached hydrogens (tertiary/aromatic N) is 3. The summed E-state index contributed by atoms with van der Waals surface area (Å²) >= 11 is 5.80. The maximum absolute atomic E-state index is 5.80. The molecule has 2 N–H and O–H groups in total. The first-order chi connectivity index (χ1) is 7.15. The second-order valence-corrected chi connectivity index (χ2v) is 3.75. The Balaban J connectivity index is 2.21. The Hall–Kier alpha value is -1.55. The van der Waals surface area contributed by atoms with Gasteiger partial charge in [0.25, 0.3) is 0 Å². The van der Waals surface area contributed by atoms with Crippen molar-refractivity contribution in [1.29, 1.82) is 0 Å². The van der Waals surface area contributed by atoms with E-state index >= 15 is 0 Å². The quantitative estimate of drug-likeness (QED) is 0.841. The molecule has 0 aliphatic carbocycles. The number of halogens is 1. The molecule has 0 fully saturated rings. The van der Waals surface area contributed by atoms with Crippen LogP contribution in [-0.4, -0.2) is 14.8 Å². The Morgan fingerprint density at radius 1 is 1.33 bits per heavy atom. The van der Waals surface area contributed by atoms with Gasteiger partial charge in [0.15, 0.2) is 0 Å². The van der Waals surface area contributed by atoms with E-state index in [-0.39, 0.29) is 0 Å². The molecule has 0 aliphatic heterocycles. The molecule has 1 aromatic carbocycles. The molecule has 0 saturated carbocycles. The molecule has 0 bridgehead atoms. The van der Waals surface area contributed by atoms with Crippen LogP contribution in [0.5, 0.6) is 0 Å². The van der Waals surface area contributed by atoms with Gasteiger partial charge in [-0.2, -0.15) is 4.98 Å². The highest BCUT2D eigenvalue weighted by Crippen LogP contribution is 2.12. The van der Waals surface area contributed by atoms with E-state index in [2.05, 4.69) is 10.1 Å². The van der Waals surface area contributed by atoms with Crippen LogP contribution in [0.25, 0.3) is 0 Å². The second kappa shape index (κ2) is 3.90. The van der Waals surface area contributed by atoms with Crippen molar-refractivity contribution in [3.05, 3.63) is 40.7 Å². The molecular weight excluding hydrogens is 212 g/mol. The molecule has 0 atom stereocenters. The van der Waals surface area contributed by atoms with Crippen molar-refractivity contribution in [3.8, 4) is 0 Å². The minimum atomic E-state index is 0.307. The minimum absolute atomic E-state index is 0.307. The molecule has 0 unspecified atom stereocenters. The third kappa shape index (κ3) is 2.27. The molecule has 0 aliphatic rings. The zero-order valence-corrected chi connectivity index (χ0v) is 9.07. The Morgan fingerprint density at radius 3 is 2.53 bits per heavy atom. The van der Waals surface area contributed by atoms with Crippen LogP contribution in [0.2, 0.25) is 5.02 Å². The monoisotopic (exact) mass is 222 g/mol. The summed E-state index contributed by atoms with van der Waals surface area (Å²) in [5.74, 6) is 1.15. The van der Waals surface area contributed by atoms with E-state index in [0.29, 0.717) is 12.4 Å². The lowest BCUT2D eigenvalue weighted by Gasteiger charge is -2.00. The Morgan fingerprint density at radius 2 is 2.00 bits per heavy atom. The van der Waals surface area contributed by atoms with E-state index in [9.17, 15) is 0 Å². The molecular formula is C10H11ClN4. The highest BCUT2D eigenvalue weighted by molar-refractivity contribution is 6.30. The van der Waals surface area contributed by atoms with Crippen molar-refractivity contribution in [2.45, 2.75) is 6.42 Å². The third-order valence-corrected chi connectivity index (χ3v) is 2.40. The first-order valence-corrected chi connectivity index (χ1v) is 4.93. The average molecular weight is 223 g/mol. The summed E-state index contributed by atoms with van der Waals surface area (Å²) in [5, 5.41) is 4.71. The molecule has 78 valence electrons. The van der Waals surface area contributed by atoms with Crippen LogP contribution in [0.15, 0.2) is 24.3 Å². The van der Waals surface area contributed by atoms with Crippen LogP contribution >= 0.6 is 11.6 Å². The fraction of sp³-hybridized carbons (Fsp3) is 0.200. The maximum atomic E-state index is 5.80. The fourth-order valence-corrected chi connectivity index (χ4v) is 1.50. The van der Waals surface area contributed by atoms with Crippen LogP contribution in [0.3, 0.4) is 0 Å². The molecule has 0 amide bonds. The highest BCUT2D eigenvalue weighted by Gasteiger charge is 2.05. The normalized spacial score (nSPS) is 10.5. The number of rotatable bonds is 2. The Bertz CT molecular complexity index is 461. The first kappa shape index (κ1) is 9.98. The van der Waals surface area contributed by atoms with Crippen LogP contribution in [-0.2, 0) is 13.5 Å². The van der Waals surface area contributed by atoms with E-state index in [1.165, 1.54) is 0 Å². The van der Waals surface area contributed by atoms with Gasteiger partial charge in [-0.05, 0) is 17.7 Å². The molecule has 5 heteroatoms. The van der Waals surface area contributed by atoms with Crippen molar-refractivity contribution in [3.63, 3.8) is 0 Å². The molecule has 2 rings (SSSR count). The Labute approximate surface area is 92.7 Å². The zero-order valence-electron chi connectivity index (χ0n) is 8.31. The van der Waals surface area contributed by atoms with E-state index in [1.807, 2.05) is 31.3 Å². The summed E-state index contributed by atoms with van der Waals surface area (Å²) in [5.41, 5.74) is 6.63. The largest absolute Gasteiger partial charge is 0.366 e. The number of aryl methyl sites for hydroxylation is 1. The second-order valence-electron chi connectivity index (χ2n) is 3.31. The lowest BCUT2D eigenvalue weighted by atomic mass is 10.1. The highest BCUT2D eigenvalue weighted by atomic mass is 35.5. The van der Waals surface area contributed by atoms with Gasteiger partial charge in [0.05, 0.1) is 0 Å². The van der Waals surface area contributed by atoms with Crippen molar-refractivity contribution in [2.75, 3.05) is 5.73 Å². The topological polar surface area (TPSA) is 56.7 Å². The van der Waals surface area contributed by atoms with Crippen LogP contribution in [0.1, 0.15) is 11.4 Å². The van der Waals surface area contributed by atoms with Crippen LogP contribution in [0, 0.1) is 0 Å². The van der Waals surface area contributed by atoms with Gasteiger partial charge in [-0.3, -0.25) is 4.68 Å². The summed E-state index contributed by atoms with van der Waals surface area (Å²) in [6.07, 6.45) is 0.706.